The largest absolute Gasteiger partial charge is 0.378 e. The predicted molar refractivity (Wildman–Crippen MR) is 114 cm³/mol. The minimum Gasteiger partial charge on any atom is -0.378 e. The zero-order valence-corrected chi connectivity index (χ0v) is 17.7. The minimum absolute atomic E-state index is 0.0173. The van der Waals surface area contributed by atoms with Crippen LogP contribution in [-0.2, 0) is 4.74 Å². The quantitative estimate of drug-likeness (QED) is 0.399. The lowest BCUT2D eigenvalue weighted by molar-refractivity contribution is 0.00899. The minimum atomic E-state index is 0.0173. The highest BCUT2D eigenvalue weighted by Crippen LogP contribution is 2.25. The third-order valence-corrected chi connectivity index (χ3v) is 5.62. The van der Waals surface area contributed by atoms with E-state index in [0.29, 0.717) is 17.8 Å². The smallest absolute Gasteiger partial charge is 0.272 e. The van der Waals surface area contributed by atoms with Gasteiger partial charge in [0, 0.05) is 32.4 Å². The maximum absolute atomic E-state index is 12.5. The Labute approximate surface area is 170 Å². The summed E-state index contributed by atoms with van der Waals surface area (Å²) in [5.74, 6) is 0.0173. The SMILES string of the molecule is C=CCN(C)CCCCCCOC1CCC(N(C)C(=O)c2ccccn2)CC1. The molecule has 1 aromatic heterocycles. The Bertz CT molecular complexity index is 570. The molecule has 0 atom stereocenters. The van der Waals surface area contributed by atoms with Crippen molar-refractivity contribution in [1.82, 2.24) is 14.8 Å². The van der Waals surface area contributed by atoms with Gasteiger partial charge in [-0.2, -0.15) is 0 Å². The van der Waals surface area contributed by atoms with E-state index in [0.717, 1.165) is 51.8 Å². The topological polar surface area (TPSA) is 45.7 Å². The van der Waals surface area contributed by atoms with Crippen molar-refractivity contribution >= 4 is 5.91 Å². The van der Waals surface area contributed by atoms with Gasteiger partial charge in [0.15, 0.2) is 0 Å². The van der Waals surface area contributed by atoms with E-state index < -0.39 is 0 Å². The van der Waals surface area contributed by atoms with E-state index in [1.165, 1.54) is 19.3 Å². The van der Waals surface area contributed by atoms with Crippen molar-refractivity contribution in [3.63, 3.8) is 0 Å². The molecule has 0 unspecified atom stereocenters. The van der Waals surface area contributed by atoms with Crippen molar-refractivity contribution in [2.24, 2.45) is 0 Å². The van der Waals surface area contributed by atoms with E-state index in [4.69, 9.17) is 4.74 Å². The number of amides is 1. The van der Waals surface area contributed by atoms with Gasteiger partial charge in [0.1, 0.15) is 5.69 Å². The Balaban J connectivity index is 1.55. The number of hydrogen-bond acceptors (Lipinski definition) is 4. The molecule has 5 heteroatoms. The van der Waals surface area contributed by atoms with E-state index in [2.05, 4.69) is 23.5 Å². The summed E-state index contributed by atoms with van der Waals surface area (Å²) >= 11 is 0. The van der Waals surface area contributed by atoms with Crippen LogP contribution in [0.1, 0.15) is 61.9 Å². The molecule has 1 aliphatic carbocycles. The number of nitrogens with zero attached hydrogens (tertiary/aromatic N) is 3. The second-order valence-electron chi connectivity index (χ2n) is 7.90. The Kier molecular flexibility index (Phi) is 10.2. The molecule has 0 aliphatic heterocycles. The summed E-state index contributed by atoms with van der Waals surface area (Å²) in [7, 11) is 4.04. The number of rotatable bonds is 12. The number of aromatic nitrogens is 1. The molecule has 0 radical (unpaired) electrons. The molecule has 1 fully saturated rings. The first-order valence-corrected chi connectivity index (χ1v) is 10.7. The number of ether oxygens (including phenoxy) is 1. The Morgan fingerprint density at radius 3 is 2.61 bits per heavy atom. The molecular weight excluding hydrogens is 350 g/mol. The Hall–Kier alpha value is -1.72. The highest BCUT2D eigenvalue weighted by Gasteiger charge is 2.27. The fourth-order valence-electron chi connectivity index (χ4n) is 3.83. The molecular formula is C23H37N3O2. The van der Waals surface area contributed by atoms with Gasteiger partial charge in [-0.15, -0.1) is 6.58 Å². The second-order valence-corrected chi connectivity index (χ2v) is 7.90. The van der Waals surface area contributed by atoms with Crippen LogP contribution in [0.25, 0.3) is 0 Å². The normalized spacial score (nSPS) is 19.5. The fraction of sp³-hybridized carbons (Fsp3) is 0.652. The van der Waals surface area contributed by atoms with Gasteiger partial charge in [-0.1, -0.05) is 25.0 Å². The number of carbonyl (C=O) groups is 1. The van der Waals surface area contributed by atoms with E-state index in [1.807, 2.05) is 30.2 Å². The molecule has 1 saturated carbocycles. The summed E-state index contributed by atoms with van der Waals surface area (Å²) < 4.78 is 6.08. The van der Waals surface area contributed by atoms with Crippen molar-refractivity contribution in [2.75, 3.05) is 33.8 Å². The van der Waals surface area contributed by atoms with Crippen LogP contribution in [0.2, 0.25) is 0 Å². The monoisotopic (exact) mass is 387 g/mol. The zero-order chi connectivity index (χ0) is 20.2. The first-order chi connectivity index (χ1) is 13.6. The first kappa shape index (κ1) is 22.6. The number of hydrogen-bond donors (Lipinski definition) is 0. The van der Waals surface area contributed by atoms with Crippen LogP contribution in [0.15, 0.2) is 37.1 Å². The molecule has 2 rings (SSSR count). The molecule has 1 aromatic rings. The van der Waals surface area contributed by atoms with Crippen LogP contribution in [-0.4, -0.2) is 66.6 Å². The Morgan fingerprint density at radius 2 is 1.93 bits per heavy atom. The van der Waals surface area contributed by atoms with Crippen molar-refractivity contribution < 1.29 is 9.53 Å². The van der Waals surface area contributed by atoms with Crippen LogP contribution in [0.5, 0.6) is 0 Å². The molecule has 156 valence electrons. The van der Waals surface area contributed by atoms with Gasteiger partial charge in [-0.25, -0.2) is 0 Å². The number of unbranched alkanes of at least 4 members (excludes halogenated alkanes) is 3. The molecule has 0 aromatic carbocycles. The summed E-state index contributed by atoms with van der Waals surface area (Å²) in [6.07, 6.45) is 13.0. The number of likely N-dealkylation sites (N-methyl/N-ethyl adjacent to an activating group) is 1. The van der Waals surface area contributed by atoms with Crippen molar-refractivity contribution in [3.05, 3.63) is 42.7 Å². The van der Waals surface area contributed by atoms with E-state index in [9.17, 15) is 4.79 Å². The lowest BCUT2D eigenvalue weighted by Gasteiger charge is -2.34. The number of pyridine rings is 1. The highest BCUT2D eigenvalue weighted by atomic mass is 16.5. The molecule has 1 aliphatic rings. The number of carbonyl (C=O) groups excluding carboxylic acids is 1. The molecule has 1 amide bonds. The fourth-order valence-corrected chi connectivity index (χ4v) is 3.83. The molecule has 1 heterocycles. The van der Waals surface area contributed by atoms with Crippen molar-refractivity contribution in [2.45, 2.75) is 63.5 Å². The first-order valence-electron chi connectivity index (χ1n) is 10.7. The average Bonchev–Trinajstić information content (AvgIpc) is 2.73. The van der Waals surface area contributed by atoms with Gasteiger partial charge in [-0.05, 0) is 64.3 Å². The summed E-state index contributed by atoms with van der Waals surface area (Å²) in [5, 5.41) is 0. The Morgan fingerprint density at radius 1 is 1.18 bits per heavy atom. The molecule has 0 spiro atoms. The van der Waals surface area contributed by atoms with Gasteiger partial charge in [0.05, 0.1) is 6.10 Å². The molecule has 5 nitrogen and oxygen atoms in total. The van der Waals surface area contributed by atoms with Gasteiger partial charge in [0.25, 0.3) is 5.91 Å². The lowest BCUT2D eigenvalue weighted by atomic mass is 9.92. The van der Waals surface area contributed by atoms with Crippen molar-refractivity contribution in [3.8, 4) is 0 Å². The van der Waals surface area contributed by atoms with Crippen LogP contribution in [0.3, 0.4) is 0 Å². The summed E-state index contributed by atoms with van der Waals surface area (Å²) in [5.41, 5.74) is 0.527. The maximum Gasteiger partial charge on any atom is 0.272 e. The third kappa shape index (κ3) is 7.72. The van der Waals surface area contributed by atoms with Gasteiger partial charge in [-0.3, -0.25) is 9.78 Å². The second kappa shape index (κ2) is 12.7. The van der Waals surface area contributed by atoms with E-state index >= 15 is 0 Å². The molecule has 0 N–H and O–H groups in total. The third-order valence-electron chi connectivity index (χ3n) is 5.62. The van der Waals surface area contributed by atoms with Crippen LogP contribution >= 0.6 is 0 Å². The van der Waals surface area contributed by atoms with Crippen LogP contribution in [0.4, 0.5) is 0 Å². The summed E-state index contributed by atoms with van der Waals surface area (Å²) in [6.45, 7) is 6.74. The van der Waals surface area contributed by atoms with Crippen LogP contribution < -0.4 is 0 Å². The highest BCUT2D eigenvalue weighted by molar-refractivity contribution is 5.92. The van der Waals surface area contributed by atoms with Gasteiger partial charge >= 0.3 is 0 Å². The van der Waals surface area contributed by atoms with Crippen LogP contribution in [0, 0.1) is 0 Å². The molecule has 28 heavy (non-hydrogen) atoms. The standard InChI is InChI=1S/C23H37N3O2/c1-4-17-25(2)18-9-5-6-10-19-28-21-14-12-20(13-15-21)26(3)23(27)22-11-7-8-16-24-22/h4,7-8,11,16,20-21H,1,5-6,9-10,12-15,17-19H2,2-3H3. The van der Waals surface area contributed by atoms with E-state index in [-0.39, 0.29) is 5.91 Å². The molecule has 0 saturated heterocycles. The molecule has 0 bridgehead atoms. The maximum atomic E-state index is 12.5. The zero-order valence-electron chi connectivity index (χ0n) is 17.7. The average molecular weight is 388 g/mol. The van der Waals surface area contributed by atoms with Gasteiger partial charge in [0.2, 0.25) is 0 Å². The van der Waals surface area contributed by atoms with Gasteiger partial charge < -0.3 is 14.5 Å². The van der Waals surface area contributed by atoms with Crippen molar-refractivity contribution in [1.29, 1.82) is 0 Å². The van der Waals surface area contributed by atoms with E-state index in [1.54, 1.807) is 12.3 Å². The predicted octanol–water partition coefficient (Wildman–Crippen LogP) is 4.16. The summed E-state index contributed by atoms with van der Waals surface area (Å²) in [6, 6.07) is 5.77. The summed E-state index contributed by atoms with van der Waals surface area (Å²) in [4.78, 5) is 20.9. The lowest BCUT2D eigenvalue weighted by Crippen LogP contribution is -2.41.